The summed E-state index contributed by atoms with van der Waals surface area (Å²) in [4.78, 5) is 2.20. The van der Waals surface area contributed by atoms with Gasteiger partial charge in [0.25, 0.3) is 6.71 Å². The lowest BCUT2D eigenvalue weighted by Gasteiger charge is -2.37. The molecule has 1 atom stereocenters. The topological polar surface area (TPSA) is 60.7 Å². The van der Waals surface area contributed by atoms with Gasteiger partial charge in [0.15, 0.2) is 0 Å². The monoisotopic (exact) mass is 1040 g/mol. The standard InChI is InChI=1S/C76H42BN5/c78-41-61-72(62(42-79)76-71-75(61)81-65-19-3-1-13-55(65)59-15-7-17-63(73(59)81)77(71)64-18-8-16-60-56-14-2-4-20-66(56)82(76)74(60)64)80(51-33-25-43(26-34-51)53-37-29-49-23-21-45-9-5-11-47-31-39-57(53)69(49)67(45)47)52-35-27-44(28-36-52)54-38-30-50-24-22-46-10-6-12-48-32-40-58(54)70(50)68(46)48/h1-9,11-40,70H,10H2. The summed E-state index contributed by atoms with van der Waals surface area (Å²) < 4.78 is 4.71. The molecule has 0 fully saturated rings. The molecule has 0 amide bonds. The van der Waals surface area contributed by atoms with E-state index < -0.39 is 0 Å². The first kappa shape index (κ1) is 44.0. The van der Waals surface area contributed by atoms with Crippen molar-refractivity contribution < 1.29 is 0 Å². The lowest BCUT2D eigenvalue weighted by atomic mass is 9.34. The normalized spacial score (nSPS) is 16.0. The fourth-order valence-electron chi connectivity index (χ4n) is 15.7. The van der Waals surface area contributed by atoms with E-state index in [0.717, 1.165) is 106 Å². The van der Waals surface area contributed by atoms with Crippen LogP contribution in [0.3, 0.4) is 0 Å². The number of aromatic nitrogens is 2. The zero-order chi connectivity index (χ0) is 53.6. The van der Waals surface area contributed by atoms with Crippen molar-refractivity contribution in [1.29, 1.82) is 10.5 Å². The van der Waals surface area contributed by atoms with Crippen LogP contribution in [-0.2, 0) is 0 Å². The molecule has 82 heavy (non-hydrogen) atoms. The summed E-state index contributed by atoms with van der Waals surface area (Å²) in [5.41, 5.74) is 23.5. The van der Waals surface area contributed by atoms with E-state index in [2.05, 4.69) is 263 Å². The number of nitriles is 2. The number of fused-ring (bicyclic) bond motifs is 10. The minimum atomic E-state index is -0.258. The fourth-order valence-corrected chi connectivity index (χ4v) is 15.7. The minimum Gasteiger partial charge on any atom is -0.309 e. The highest BCUT2D eigenvalue weighted by Gasteiger charge is 2.45. The molecule has 4 aliphatic carbocycles. The molecule has 6 heteroatoms. The fraction of sp³-hybridized carbons (Fsp3) is 0.0263. The first-order valence-electron chi connectivity index (χ1n) is 28.3. The van der Waals surface area contributed by atoms with Gasteiger partial charge in [-0.3, -0.25) is 0 Å². The van der Waals surface area contributed by atoms with Crippen molar-refractivity contribution in [2.45, 2.75) is 6.42 Å². The molecule has 4 heterocycles. The number of allylic oxidation sites excluding steroid dienone is 14. The van der Waals surface area contributed by atoms with E-state index in [0.29, 0.717) is 16.8 Å². The highest BCUT2D eigenvalue weighted by atomic mass is 15.2. The maximum Gasteiger partial charge on any atom is 0.252 e. The van der Waals surface area contributed by atoms with E-state index in [4.69, 9.17) is 0 Å². The predicted octanol–water partition coefficient (Wildman–Crippen LogP) is 16.4. The van der Waals surface area contributed by atoms with Gasteiger partial charge in [-0.05, 0) is 142 Å². The summed E-state index contributed by atoms with van der Waals surface area (Å²) in [6, 6.07) is 73.9. The molecule has 6 aliphatic rings. The number of nitrogens with zero attached hydrogens (tertiary/aromatic N) is 5. The van der Waals surface area contributed by atoms with Crippen LogP contribution in [0, 0.1) is 28.6 Å². The molecule has 374 valence electrons. The maximum absolute atomic E-state index is 12.3. The summed E-state index contributed by atoms with van der Waals surface area (Å²) >= 11 is 0. The van der Waals surface area contributed by atoms with Crippen LogP contribution in [0.25, 0.3) is 104 Å². The number of benzene rings is 11. The summed E-state index contributed by atoms with van der Waals surface area (Å²) in [5, 5.41) is 36.6. The van der Waals surface area contributed by atoms with Crippen molar-refractivity contribution in [1.82, 2.24) is 9.13 Å². The SMILES string of the molecule is N#Cc1c(N(c2ccc(C3=C4C=CC5=C6C(=CC=C(C=C3)C46)CC=C5)cc2)c2ccc(-c3ccc4ccc5cccc6ccc3c4c56)cc2)c(C#N)c2c3c1-n1c4ccccc4c4cccc(c41)B3c1cccc3c4ccccc4n-2c13. The first-order chi connectivity index (χ1) is 40.6. The molecule has 11 aromatic carbocycles. The van der Waals surface area contributed by atoms with Gasteiger partial charge in [-0.15, -0.1) is 0 Å². The first-order valence-corrected chi connectivity index (χ1v) is 28.3. The third-order valence-corrected chi connectivity index (χ3v) is 19.0. The third-order valence-electron chi connectivity index (χ3n) is 19.0. The van der Waals surface area contributed by atoms with Crippen LogP contribution >= 0.6 is 0 Å². The second-order valence-corrected chi connectivity index (χ2v) is 22.8. The second kappa shape index (κ2) is 15.9. The molecule has 0 bridgehead atoms. The van der Waals surface area contributed by atoms with E-state index in [-0.39, 0.29) is 12.6 Å². The predicted molar refractivity (Wildman–Crippen MR) is 339 cm³/mol. The Hall–Kier alpha value is -10.9. The molecule has 0 saturated heterocycles. The Labute approximate surface area is 471 Å². The summed E-state index contributed by atoms with van der Waals surface area (Å²) in [7, 11) is 0. The molecule has 0 N–H and O–H groups in total. The lowest BCUT2D eigenvalue weighted by Crippen LogP contribution is -2.60. The van der Waals surface area contributed by atoms with Crippen LogP contribution in [0.1, 0.15) is 23.1 Å². The largest absolute Gasteiger partial charge is 0.309 e. The Morgan fingerprint density at radius 1 is 0.488 bits per heavy atom. The van der Waals surface area contributed by atoms with Crippen molar-refractivity contribution >= 4 is 122 Å². The van der Waals surface area contributed by atoms with Crippen LogP contribution in [0.2, 0.25) is 0 Å². The van der Waals surface area contributed by atoms with Gasteiger partial charge >= 0.3 is 0 Å². The number of para-hydroxylation sites is 4. The molecular weight excluding hydrogens is 994 g/mol. The van der Waals surface area contributed by atoms with Gasteiger partial charge in [0, 0.05) is 49.9 Å². The zero-order valence-corrected chi connectivity index (χ0v) is 44.1. The Bertz CT molecular complexity index is 5320. The van der Waals surface area contributed by atoms with Gasteiger partial charge in [-0.2, -0.15) is 10.5 Å². The van der Waals surface area contributed by atoms with Gasteiger partial charge in [-0.25, -0.2) is 0 Å². The molecule has 19 rings (SSSR count). The number of hydrogen-bond donors (Lipinski definition) is 0. The lowest BCUT2D eigenvalue weighted by molar-refractivity contribution is 0.835. The zero-order valence-electron chi connectivity index (χ0n) is 44.1. The summed E-state index contributed by atoms with van der Waals surface area (Å²) in [5.74, 6) is 0.184. The van der Waals surface area contributed by atoms with Gasteiger partial charge in [-0.1, -0.05) is 200 Å². The Kier molecular flexibility index (Phi) is 8.53. The van der Waals surface area contributed by atoms with E-state index >= 15 is 0 Å². The van der Waals surface area contributed by atoms with Crippen molar-refractivity contribution in [3.63, 3.8) is 0 Å². The Balaban J connectivity index is 0.891. The average molecular weight is 1040 g/mol. The van der Waals surface area contributed by atoms with E-state index in [1.54, 1.807) is 0 Å². The van der Waals surface area contributed by atoms with Crippen LogP contribution in [-0.4, -0.2) is 15.8 Å². The smallest absolute Gasteiger partial charge is 0.252 e. The van der Waals surface area contributed by atoms with Crippen LogP contribution < -0.4 is 21.3 Å². The molecule has 0 radical (unpaired) electrons. The van der Waals surface area contributed by atoms with Gasteiger partial charge < -0.3 is 14.0 Å². The summed E-state index contributed by atoms with van der Waals surface area (Å²) in [6.07, 6.45) is 19.3. The molecule has 0 spiro atoms. The maximum atomic E-state index is 12.3. The second-order valence-electron chi connectivity index (χ2n) is 22.8. The van der Waals surface area contributed by atoms with E-state index in [1.807, 2.05) is 0 Å². The van der Waals surface area contributed by atoms with Crippen molar-refractivity contribution in [2.24, 2.45) is 5.92 Å². The Morgan fingerprint density at radius 3 is 1.73 bits per heavy atom. The quantitative estimate of drug-likeness (QED) is 0.127. The number of anilines is 3. The third kappa shape index (κ3) is 5.51. The highest BCUT2D eigenvalue weighted by molar-refractivity contribution is 7.00. The average Bonchev–Trinajstić information content (AvgIpc) is 1.65. The van der Waals surface area contributed by atoms with E-state index in [9.17, 15) is 10.5 Å². The molecular formula is C76H42BN5. The minimum absolute atomic E-state index is 0.184. The molecule has 2 aromatic heterocycles. The molecule has 5 nitrogen and oxygen atoms in total. The molecule has 2 aliphatic heterocycles. The Morgan fingerprint density at radius 2 is 1.07 bits per heavy atom. The number of rotatable bonds is 5. The van der Waals surface area contributed by atoms with Crippen molar-refractivity contribution in [2.75, 3.05) is 4.90 Å². The van der Waals surface area contributed by atoms with Crippen molar-refractivity contribution in [3.05, 3.63) is 281 Å². The molecule has 0 saturated carbocycles. The number of hydrogen-bond acceptors (Lipinski definition) is 3. The van der Waals surface area contributed by atoms with Gasteiger partial charge in [0.1, 0.15) is 23.3 Å². The van der Waals surface area contributed by atoms with Crippen molar-refractivity contribution in [3.8, 4) is 34.6 Å². The molecule has 13 aromatic rings. The van der Waals surface area contributed by atoms with Gasteiger partial charge in [0.2, 0.25) is 0 Å². The van der Waals surface area contributed by atoms with E-state index in [1.165, 1.54) is 65.8 Å². The molecule has 1 unspecified atom stereocenters. The highest BCUT2D eigenvalue weighted by Crippen LogP contribution is 2.52. The van der Waals surface area contributed by atoms with Crippen LogP contribution in [0.5, 0.6) is 0 Å². The van der Waals surface area contributed by atoms with Crippen LogP contribution in [0.4, 0.5) is 17.1 Å². The summed E-state index contributed by atoms with van der Waals surface area (Å²) in [6.45, 7) is -0.258. The van der Waals surface area contributed by atoms with Crippen LogP contribution in [0.15, 0.2) is 265 Å². The van der Waals surface area contributed by atoms with Gasteiger partial charge in [0.05, 0.1) is 28.1 Å².